The van der Waals surface area contributed by atoms with Crippen molar-refractivity contribution in [3.63, 3.8) is 0 Å². The van der Waals surface area contributed by atoms with Gasteiger partial charge in [0.15, 0.2) is 0 Å². The fourth-order valence-corrected chi connectivity index (χ4v) is 3.82. The molecule has 30 heavy (non-hydrogen) atoms. The summed E-state index contributed by atoms with van der Waals surface area (Å²) in [6, 6.07) is 26.7. The van der Waals surface area contributed by atoms with Crippen molar-refractivity contribution >= 4 is 0 Å². The van der Waals surface area contributed by atoms with Crippen LogP contribution in [0.3, 0.4) is 0 Å². The summed E-state index contributed by atoms with van der Waals surface area (Å²) in [6.45, 7) is 0. The van der Waals surface area contributed by atoms with E-state index in [4.69, 9.17) is 0 Å². The van der Waals surface area contributed by atoms with Crippen molar-refractivity contribution in [2.45, 2.75) is 6.04 Å². The summed E-state index contributed by atoms with van der Waals surface area (Å²) in [4.78, 5) is 4.25. The first-order valence-electron chi connectivity index (χ1n) is 9.73. The Morgan fingerprint density at radius 1 is 0.800 bits per heavy atom. The van der Waals surface area contributed by atoms with Crippen LogP contribution >= 0.6 is 0 Å². The molecule has 0 spiro atoms. The van der Waals surface area contributed by atoms with E-state index in [1.165, 1.54) is 6.07 Å². The maximum absolute atomic E-state index is 14.7. The van der Waals surface area contributed by atoms with E-state index < -0.39 is 0 Å². The van der Waals surface area contributed by atoms with E-state index in [1.807, 2.05) is 71.6 Å². The van der Waals surface area contributed by atoms with Crippen LogP contribution in [0, 0.1) is 5.82 Å². The molecule has 0 bridgehead atoms. The molecule has 0 aliphatic rings. The predicted octanol–water partition coefficient (Wildman–Crippen LogP) is 5.51. The Morgan fingerprint density at radius 2 is 1.50 bits per heavy atom. The van der Waals surface area contributed by atoms with Gasteiger partial charge in [0.2, 0.25) is 0 Å². The number of imidazole rings is 1. The molecule has 2 aromatic heterocycles. The third kappa shape index (κ3) is 3.20. The highest BCUT2D eigenvalue weighted by Crippen LogP contribution is 2.36. The molecule has 0 radical (unpaired) electrons. The number of para-hydroxylation sites is 1. The van der Waals surface area contributed by atoms with Gasteiger partial charge in [-0.2, -0.15) is 5.10 Å². The molecule has 0 saturated carbocycles. The van der Waals surface area contributed by atoms with Crippen LogP contribution in [0.2, 0.25) is 0 Å². The Kier molecular flexibility index (Phi) is 4.69. The summed E-state index contributed by atoms with van der Waals surface area (Å²) in [5, 5.41) is 4.62. The Labute approximate surface area is 173 Å². The van der Waals surface area contributed by atoms with E-state index in [-0.39, 0.29) is 11.9 Å². The van der Waals surface area contributed by atoms with Gasteiger partial charge in [0.25, 0.3) is 0 Å². The lowest BCUT2D eigenvalue weighted by molar-refractivity contribution is 0.611. The van der Waals surface area contributed by atoms with Crippen molar-refractivity contribution in [3.8, 4) is 16.9 Å². The maximum Gasteiger partial charge on any atom is 0.148 e. The first kappa shape index (κ1) is 18.1. The van der Waals surface area contributed by atoms with Crippen LogP contribution in [-0.2, 0) is 0 Å². The Hall–Kier alpha value is -3.99. The molecule has 5 heteroatoms. The third-order valence-electron chi connectivity index (χ3n) is 5.16. The average Bonchev–Trinajstić information content (AvgIpc) is 3.47. The number of rotatable bonds is 5. The highest BCUT2D eigenvalue weighted by atomic mass is 19.1. The Bertz CT molecular complexity index is 1250. The minimum Gasteiger partial charge on any atom is -0.326 e. The van der Waals surface area contributed by atoms with Crippen LogP contribution in [0.25, 0.3) is 16.9 Å². The molecular formula is C25H19FN4. The molecule has 0 aliphatic carbocycles. The van der Waals surface area contributed by atoms with Gasteiger partial charge in [-0.3, -0.25) is 0 Å². The lowest BCUT2D eigenvalue weighted by atomic mass is 9.96. The van der Waals surface area contributed by atoms with E-state index in [2.05, 4.69) is 22.2 Å². The molecule has 0 amide bonds. The van der Waals surface area contributed by atoms with E-state index in [0.717, 1.165) is 22.4 Å². The van der Waals surface area contributed by atoms with Crippen LogP contribution < -0.4 is 0 Å². The molecule has 1 unspecified atom stereocenters. The zero-order valence-electron chi connectivity index (χ0n) is 16.1. The summed E-state index contributed by atoms with van der Waals surface area (Å²) in [5.74, 6) is -0.316. The van der Waals surface area contributed by atoms with Gasteiger partial charge >= 0.3 is 0 Å². The van der Waals surface area contributed by atoms with Gasteiger partial charge in [-0.05, 0) is 17.7 Å². The molecule has 5 rings (SSSR count). The zero-order valence-corrected chi connectivity index (χ0v) is 16.1. The van der Waals surface area contributed by atoms with Crippen molar-refractivity contribution < 1.29 is 4.39 Å². The lowest BCUT2D eigenvalue weighted by Crippen LogP contribution is -2.12. The van der Waals surface area contributed by atoms with Gasteiger partial charge in [0.05, 0.1) is 24.3 Å². The number of hydrogen-bond acceptors (Lipinski definition) is 2. The molecule has 3 aromatic carbocycles. The van der Waals surface area contributed by atoms with Crippen molar-refractivity contribution in [2.24, 2.45) is 0 Å². The standard InChI is InChI=1S/C25H19FN4/c26-22-13-7-8-14-23(22)30-25(20-11-5-2-6-12-20)21(17-28-30)24(29-16-15-27-18-29)19-9-3-1-4-10-19/h1-18,24H. The third-order valence-corrected chi connectivity index (χ3v) is 5.16. The fraction of sp³-hybridized carbons (Fsp3) is 0.0400. The molecule has 2 heterocycles. The highest BCUT2D eigenvalue weighted by molar-refractivity contribution is 5.67. The van der Waals surface area contributed by atoms with E-state index in [0.29, 0.717) is 5.69 Å². The minimum absolute atomic E-state index is 0.149. The van der Waals surface area contributed by atoms with Crippen molar-refractivity contribution in [1.82, 2.24) is 19.3 Å². The number of halogens is 1. The molecule has 146 valence electrons. The van der Waals surface area contributed by atoms with Gasteiger partial charge < -0.3 is 4.57 Å². The zero-order chi connectivity index (χ0) is 20.3. The van der Waals surface area contributed by atoms with Gasteiger partial charge in [0.1, 0.15) is 11.5 Å². The lowest BCUT2D eigenvalue weighted by Gasteiger charge is -2.20. The van der Waals surface area contributed by atoms with Crippen molar-refractivity contribution in [3.05, 3.63) is 127 Å². The quantitative estimate of drug-likeness (QED) is 0.394. The molecule has 0 N–H and O–H groups in total. The maximum atomic E-state index is 14.7. The summed E-state index contributed by atoms with van der Waals surface area (Å²) in [6.07, 6.45) is 7.33. The molecule has 4 nitrogen and oxygen atoms in total. The summed E-state index contributed by atoms with van der Waals surface area (Å²) in [7, 11) is 0. The van der Waals surface area contributed by atoms with Crippen molar-refractivity contribution in [1.29, 1.82) is 0 Å². The smallest absolute Gasteiger partial charge is 0.148 e. The predicted molar refractivity (Wildman–Crippen MR) is 115 cm³/mol. The van der Waals surface area contributed by atoms with Crippen LogP contribution in [-0.4, -0.2) is 19.3 Å². The summed E-state index contributed by atoms with van der Waals surface area (Å²) < 4.78 is 18.4. The van der Waals surface area contributed by atoms with Crippen LogP contribution in [0.1, 0.15) is 17.2 Å². The van der Waals surface area contributed by atoms with Gasteiger partial charge in [-0.1, -0.05) is 72.8 Å². The normalized spacial score (nSPS) is 12.0. The fourth-order valence-electron chi connectivity index (χ4n) is 3.82. The van der Waals surface area contributed by atoms with E-state index in [1.54, 1.807) is 29.3 Å². The first-order chi connectivity index (χ1) is 14.8. The molecule has 0 saturated heterocycles. The largest absolute Gasteiger partial charge is 0.326 e. The number of hydrogen-bond donors (Lipinski definition) is 0. The van der Waals surface area contributed by atoms with Crippen LogP contribution in [0.15, 0.2) is 110 Å². The second-order valence-corrected chi connectivity index (χ2v) is 7.00. The Balaban J connectivity index is 1.79. The van der Waals surface area contributed by atoms with Gasteiger partial charge in [0, 0.05) is 23.5 Å². The topological polar surface area (TPSA) is 35.6 Å². The highest BCUT2D eigenvalue weighted by Gasteiger charge is 2.25. The molecule has 5 aromatic rings. The number of nitrogens with zero attached hydrogens (tertiary/aromatic N) is 4. The average molecular weight is 394 g/mol. The molecular weight excluding hydrogens is 375 g/mol. The van der Waals surface area contributed by atoms with Crippen LogP contribution in [0.5, 0.6) is 0 Å². The monoisotopic (exact) mass is 394 g/mol. The molecule has 1 atom stereocenters. The molecule has 0 aliphatic heterocycles. The Morgan fingerprint density at radius 3 is 2.20 bits per heavy atom. The first-order valence-corrected chi connectivity index (χ1v) is 9.73. The summed E-state index contributed by atoms with van der Waals surface area (Å²) in [5.41, 5.74) is 4.30. The number of benzene rings is 3. The van der Waals surface area contributed by atoms with E-state index in [9.17, 15) is 4.39 Å². The van der Waals surface area contributed by atoms with Crippen molar-refractivity contribution in [2.75, 3.05) is 0 Å². The SMILES string of the molecule is Fc1ccccc1-n1ncc(C(c2ccccc2)n2ccnc2)c1-c1ccccc1. The van der Waals surface area contributed by atoms with Gasteiger partial charge in [-0.15, -0.1) is 0 Å². The number of aromatic nitrogens is 4. The van der Waals surface area contributed by atoms with Gasteiger partial charge in [-0.25, -0.2) is 14.1 Å². The molecule has 0 fully saturated rings. The summed E-state index contributed by atoms with van der Waals surface area (Å²) >= 11 is 0. The second-order valence-electron chi connectivity index (χ2n) is 7.00. The minimum atomic E-state index is -0.316. The second kappa shape index (κ2) is 7.79. The van der Waals surface area contributed by atoms with Crippen LogP contribution in [0.4, 0.5) is 4.39 Å². The van der Waals surface area contributed by atoms with E-state index >= 15 is 0 Å².